The standard InChI is InChI=1S/C22H22N4O3/c27-21(17-12-24-26(14-17)18-5-2-1-3-6-18)25-10-8-22(16-25)11-20(15-28-22)29-19-7-4-9-23-13-19/h1-7,9,12-14,20H,8,10-11,15-16H2. The Morgan fingerprint density at radius 1 is 1.17 bits per heavy atom. The van der Waals surface area contributed by atoms with Crippen LogP contribution in [0.3, 0.4) is 0 Å². The molecule has 4 heterocycles. The molecule has 7 heteroatoms. The molecule has 0 radical (unpaired) electrons. The van der Waals surface area contributed by atoms with Gasteiger partial charge in [0.2, 0.25) is 0 Å². The van der Waals surface area contributed by atoms with Crippen molar-refractivity contribution in [3.8, 4) is 11.4 Å². The topological polar surface area (TPSA) is 69.5 Å². The van der Waals surface area contributed by atoms with Gasteiger partial charge in [0.15, 0.2) is 0 Å². The number of para-hydroxylation sites is 1. The highest BCUT2D eigenvalue weighted by Crippen LogP contribution is 2.37. The van der Waals surface area contributed by atoms with Crippen LogP contribution < -0.4 is 4.74 Å². The first-order chi connectivity index (χ1) is 14.2. The van der Waals surface area contributed by atoms with Crippen LogP contribution in [-0.4, -0.2) is 57.0 Å². The summed E-state index contributed by atoms with van der Waals surface area (Å²) in [5.41, 5.74) is 1.20. The average Bonchev–Trinajstić information content (AvgIpc) is 3.50. The highest BCUT2D eigenvalue weighted by molar-refractivity contribution is 5.94. The van der Waals surface area contributed by atoms with Crippen molar-refractivity contribution in [2.75, 3.05) is 19.7 Å². The van der Waals surface area contributed by atoms with E-state index in [1.165, 1.54) is 0 Å². The van der Waals surface area contributed by atoms with Gasteiger partial charge in [-0.3, -0.25) is 9.78 Å². The smallest absolute Gasteiger partial charge is 0.257 e. The Morgan fingerprint density at radius 3 is 2.90 bits per heavy atom. The lowest BCUT2D eigenvalue weighted by Gasteiger charge is -2.23. The molecule has 29 heavy (non-hydrogen) atoms. The molecule has 3 aromatic rings. The highest BCUT2D eigenvalue weighted by atomic mass is 16.6. The first kappa shape index (κ1) is 17.9. The van der Waals surface area contributed by atoms with E-state index in [0.29, 0.717) is 25.3 Å². The van der Waals surface area contributed by atoms with E-state index in [2.05, 4.69) is 10.1 Å². The number of rotatable bonds is 4. The van der Waals surface area contributed by atoms with E-state index in [9.17, 15) is 4.79 Å². The number of hydrogen-bond acceptors (Lipinski definition) is 5. The summed E-state index contributed by atoms with van der Waals surface area (Å²) in [6.45, 7) is 1.78. The molecule has 0 aliphatic carbocycles. The molecule has 1 amide bonds. The lowest BCUT2D eigenvalue weighted by Crippen LogP contribution is -2.36. The molecule has 0 N–H and O–H groups in total. The van der Waals surface area contributed by atoms with Crippen LogP contribution in [0.25, 0.3) is 5.69 Å². The predicted octanol–water partition coefficient (Wildman–Crippen LogP) is 2.72. The van der Waals surface area contributed by atoms with Crippen molar-refractivity contribution in [3.63, 3.8) is 0 Å². The quantitative estimate of drug-likeness (QED) is 0.685. The summed E-state index contributed by atoms with van der Waals surface area (Å²) in [5.74, 6) is 0.738. The molecule has 0 bridgehead atoms. The van der Waals surface area contributed by atoms with Crippen LogP contribution in [0.1, 0.15) is 23.2 Å². The third kappa shape index (κ3) is 3.61. The summed E-state index contributed by atoms with van der Waals surface area (Å²) in [7, 11) is 0. The van der Waals surface area contributed by atoms with E-state index < -0.39 is 0 Å². The molecule has 2 aromatic heterocycles. The second-order valence-corrected chi connectivity index (χ2v) is 7.61. The molecule has 148 valence electrons. The van der Waals surface area contributed by atoms with E-state index in [1.54, 1.807) is 29.5 Å². The van der Waals surface area contributed by atoms with Crippen LogP contribution >= 0.6 is 0 Å². The molecule has 2 aliphatic rings. The van der Waals surface area contributed by atoms with Crippen molar-refractivity contribution in [3.05, 3.63) is 72.8 Å². The maximum absolute atomic E-state index is 13.0. The maximum atomic E-state index is 13.0. The summed E-state index contributed by atoms with van der Waals surface area (Å²) in [6.07, 6.45) is 8.42. The first-order valence-corrected chi connectivity index (χ1v) is 9.81. The fourth-order valence-electron chi connectivity index (χ4n) is 4.13. The van der Waals surface area contributed by atoms with Gasteiger partial charge < -0.3 is 14.4 Å². The Hall–Kier alpha value is -3.19. The van der Waals surface area contributed by atoms with Gasteiger partial charge in [-0.2, -0.15) is 5.10 Å². The predicted molar refractivity (Wildman–Crippen MR) is 106 cm³/mol. The summed E-state index contributed by atoms with van der Waals surface area (Å²) in [6, 6.07) is 13.5. The second-order valence-electron chi connectivity index (χ2n) is 7.61. The summed E-state index contributed by atoms with van der Waals surface area (Å²) < 4.78 is 13.8. The fraction of sp³-hybridized carbons (Fsp3) is 0.318. The SMILES string of the molecule is O=C(c1cnn(-c2ccccc2)c1)N1CCC2(CC(Oc3cccnc3)CO2)C1. The van der Waals surface area contributed by atoms with Crippen molar-refractivity contribution in [2.24, 2.45) is 0 Å². The minimum Gasteiger partial charge on any atom is -0.486 e. The van der Waals surface area contributed by atoms with Crippen LogP contribution in [0, 0.1) is 0 Å². The lowest BCUT2D eigenvalue weighted by atomic mass is 9.98. The van der Waals surface area contributed by atoms with E-state index in [0.717, 1.165) is 24.3 Å². The monoisotopic (exact) mass is 390 g/mol. The van der Waals surface area contributed by atoms with E-state index in [4.69, 9.17) is 9.47 Å². The first-order valence-electron chi connectivity index (χ1n) is 9.81. The Labute approximate surface area is 168 Å². The van der Waals surface area contributed by atoms with Gasteiger partial charge in [0.25, 0.3) is 5.91 Å². The van der Waals surface area contributed by atoms with Gasteiger partial charge in [-0.05, 0) is 30.7 Å². The molecule has 2 fully saturated rings. The van der Waals surface area contributed by atoms with Crippen molar-refractivity contribution < 1.29 is 14.3 Å². The molecule has 2 aliphatic heterocycles. The zero-order valence-corrected chi connectivity index (χ0v) is 16.0. The number of aromatic nitrogens is 3. The van der Waals surface area contributed by atoms with Gasteiger partial charge in [0.05, 0.1) is 42.4 Å². The number of carbonyl (C=O) groups excluding carboxylic acids is 1. The normalized spacial score (nSPS) is 23.6. The maximum Gasteiger partial charge on any atom is 0.257 e. The van der Waals surface area contributed by atoms with Crippen LogP contribution in [0.5, 0.6) is 5.75 Å². The number of nitrogens with zero attached hydrogens (tertiary/aromatic N) is 4. The Morgan fingerprint density at radius 2 is 2.07 bits per heavy atom. The summed E-state index contributed by atoms with van der Waals surface area (Å²) in [4.78, 5) is 18.9. The number of amides is 1. The van der Waals surface area contributed by atoms with Gasteiger partial charge in [0.1, 0.15) is 11.9 Å². The largest absolute Gasteiger partial charge is 0.486 e. The summed E-state index contributed by atoms with van der Waals surface area (Å²) >= 11 is 0. The highest BCUT2D eigenvalue weighted by Gasteiger charge is 2.47. The Bertz CT molecular complexity index is 992. The summed E-state index contributed by atoms with van der Waals surface area (Å²) in [5, 5.41) is 4.34. The number of benzene rings is 1. The zero-order chi connectivity index (χ0) is 19.7. The third-order valence-electron chi connectivity index (χ3n) is 5.57. The molecule has 2 atom stereocenters. The van der Waals surface area contributed by atoms with Gasteiger partial charge in [-0.1, -0.05) is 18.2 Å². The minimum atomic E-state index is -0.321. The van der Waals surface area contributed by atoms with Gasteiger partial charge in [-0.25, -0.2) is 4.68 Å². The van der Waals surface area contributed by atoms with E-state index >= 15 is 0 Å². The molecular weight excluding hydrogens is 368 g/mol. The van der Waals surface area contributed by atoms with Crippen molar-refractivity contribution in [1.82, 2.24) is 19.7 Å². The molecule has 7 nitrogen and oxygen atoms in total. The van der Waals surface area contributed by atoms with Crippen LogP contribution in [0.4, 0.5) is 0 Å². The molecule has 5 rings (SSSR count). The average molecular weight is 390 g/mol. The lowest BCUT2D eigenvalue weighted by molar-refractivity contribution is 0.00995. The number of ether oxygens (including phenoxy) is 2. The van der Waals surface area contributed by atoms with Crippen molar-refractivity contribution in [1.29, 1.82) is 0 Å². The van der Waals surface area contributed by atoms with Crippen LogP contribution in [0.2, 0.25) is 0 Å². The van der Waals surface area contributed by atoms with Crippen molar-refractivity contribution in [2.45, 2.75) is 24.5 Å². The third-order valence-corrected chi connectivity index (χ3v) is 5.57. The second kappa shape index (κ2) is 7.33. The van der Waals surface area contributed by atoms with Gasteiger partial charge in [0, 0.05) is 25.4 Å². The van der Waals surface area contributed by atoms with Gasteiger partial charge >= 0.3 is 0 Å². The molecule has 0 saturated carbocycles. The molecular formula is C22H22N4O3. The van der Waals surface area contributed by atoms with E-state index in [1.807, 2.05) is 47.4 Å². The molecule has 2 saturated heterocycles. The number of likely N-dealkylation sites (tertiary alicyclic amines) is 1. The number of carbonyl (C=O) groups is 1. The van der Waals surface area contributed by atoms with E-state index in [-0.39, 0.29) is 17.6 Å². The van der Waals surface area contributed by atoms with Crippen LogP contribution in [-0.2, 0) is 4.74 Å². The minimum absolute atomic E-state index is 0.00992. The van der Waals surface area contributed by atoms with Crippen molar-refractivity contribution >= 4 is 5.91 Å². The molecule has 2 unspecified atom stereocenters. The number of pyridine rings is 1. The Kier molecular flexibility index (Phi) is 4.52. The zero-order valence-electron chi connectivity index (χ0n) is 16.0. The molecule has 1 aromatic carbocycles. The fourth-order valence-corrected chi connectivity index (χ4v) is 4.13. The number of hydrogen-bond donors (Lipinski definition) is 0. The van der Waals surface area contributed by atoms with Crippen LogP contribution in [0.15, 0.2) is 67.3 Å². The molecule has 1 spiro atoms. The Balaban J connectivity index is 1.23. The van der Waals surface area contributed by atoms with Gasteiger partial charge in [-0.15, -0.1) is 0 Å².